The maximum absolute atomic E-state index is 10.9. The summed E-state index contributed by atoms with van der Waals surface area (Å²) in [6.45, 7) is 1.44. The van der Waals surface area contributed by atoms with E-state index < -0.39 is 0 Å². The van der Waals surface area contributed by atoms with Crippen molar-refractivity contribution < 1.29 is 4.74 Å². The van der Waals surface area contributed by atoms with Crippen molar-refractivity contribution in [2.45, 2.75) is 13.1 Å². The quantitative estimate of drug-likeness (QED) is 0.849. The van der Waals surface area contributed by atoms with E-state index in [4.69, 9.17) is 4.74 Å². The normalized spacial score (nSPS) is 10.4. The Morgan fingerprint density at radius 2 is 2.06 bits per heavy atom. The third-order valence-corrected chi connectivity index (χ3v) is 3.09. The molecular weight excluding hydrogens is 236 g/mol. The van der Waals surface area contributed by atoms with Gasteiger partial charge in [-0.05, 0) is 17.7 Å². The summed E-state index contributed by atoms with van der Waals surface area (Å²) in [6, 6.07) is 7.90. The number of nitrogens with one attached hydrogen (secondary N) is 2. The van der Waals surface area contributed by atoms with Crippen molar-refractivity contribution in [3.8, 4) is 5.75 Å². The van der Waals surface area contributed by atoms with E-state index in [1.54, 1.807) is 7.11 Å². The minimum atomic E-state index is -0.00810. The number of rotatable bonds is 5. The average Bonchev–Trinajstić information content (AvgIpc) is 2.76. The standard InChI is InChI=1S/C12H14N2O2S/c1-16-11-4-2-9(3-5-11)6-13-7-10-8-17-12(15)14-10/h2-5,8,13H,6-7H2,1H3,(H,14,15). The van der Waals surface area contributed by atoms with Crippen molar-refractivity contribution >= 4 is 11.3 Å². The van der Waals surface area contributed by atoms with Crippen LogP contribution in [0.15, 0.2) is 34.4 Å². The fourth-order valence-corrected chi connectivity index (χ4v) is 2.07. The Balaban J connectivity index is 1.83. The molecule has 0 saturated heterocycles. The van der Waals surface area contributed by atoms with Gasteiger partial charge in [0.25, 0.3) is 0 Å². The van der Waals surface area contributed by atoms with E-state index in [1.807, 2.05) is 29.6 Å². The number of methoxy groups -OCH3 is 1. The van der Waals surface area contributed by atoms with Crippen LogP contribution in [0.1, 0.15) is 11.3 Å². The highest BCUT2D eigenvalue weighted by molar-refractivity contribution is 7.07. The van der Waals surface area contributed by atoms with Crippen molar-refractivity contribution in [2.75, 3.05) is 7.11 Å². The first kappa shape index (κ1) is 11.9. The van der Waals surface area contributed by atoms with Crippen molar-refractivity contribution in [1.29, 1.82) is 0 Å². The maximum atomic E-state index is 10.9. The molecule has 0 spiro atoms. The molecule has 0 aliphatic carbocycles. The first-order valence-corrected chi connectivity index (χ1v) is 6.16. The van der Waals surface area contributed by atoms with E-state index in [-0.39, 0.29) is 4.87 Å². The van der Waals surface area contributed by atoms with Crippen molar-refractivity contribution in [1.82, 2.24) is 10.3 Å². The summed E-state index contributed by atoms with van der Waals surface area (Å²) < 4.78 is 5.09. The van der Waals surface area contributed by atoms with Gasteiger partial charge >= 0.3 is 4.87 Å². The predicted octanol–water partition coefficient (Wildman–Crippen LogP) is 1.73. The number of hydrogen-bond donors (Lipinski definition) is 2. The molecule has 1 aromatic carbocycles. The lowest BCUT2D eigenvalue weighted by Crippen LogP contribution is -2.13. The fourth-order valence-electron chi connectivity index (χ4n) is 1.49. The molecule has 0 unspecified atom stereocenters. The molecular formula is C12H14N2O2S. The lowest BCUT2D eigenvalue weighted by atomic mass is 10.2. The zero-order valence-electron chi connectivity index (χ0n) is 9.53. The number of aromatic amines is 1. The minimum Gasteiger partial charge on any atom is -0.497 e. The molecule has 0 amide bonds. The molecule has 0 radical (unpaired) electrons. The Morgan fingerprint density at radius 1 is 1.29 bits per heavy atom. The van der Waals surface area contributed by atoms with E-state index in [0.29, 0.717) is 6.54 Å². The zero-order valence-corrected chi connectivity index (χ0v) is 10.3. The summed E-state index contributed by atoms with van der Waals surface area (Å²) in [6.07, 6.45) is 0. The van der Waals surface area contributed by atoms with Crippen LogP contribution >= 0.6 is 11.3 Å². The Bertz CT molecular complexity index is 516. The van der Waals surface area contributed by atoms with Gasteiger partial charge in [-0.3, -0.25) is 4.79 Å². The molecule has 1 heterocycles. The molecule has 17 heavy (non-hydrogen) atoms. The molecule has 4 nitrogen and oxygen atoms in total. The Morgan fingerprint density at radius 3 is 2.65 bits per heavy atom. The average molecular weight is 250 g/mol. The first-order valence-electron chi connectivity index (χ1n) is 5.28. The van der Waals surface area contributed by atoms with Crippen LogP contribution in [0.5, 0.6) is 5.75 Å². The molecule has 2 aromatic rings. The van der Waals surface area contributed by atoms with Gasteiger partial charge in [0, 0.05) is 24.2 Å². The number of thiazole rings is 1. The summed E-state index contributed by atoms with van der Waals surface area (Å²) in [5.41, 5.74) is 2.11. The monoisotopic (exact) mass is 250 g/mol. The fraction of sp³-hybridized carbons (Fsp3) is 0.250. The highest BCUT2D eigenvalue weighted by Gasteiger charge is 1.97. The van der Waals surface area contributed by atoms with E-state index >= 15 is 0 Å². The molecule has 0 fully saturated rings. The topological polar surface area (TPSA) is 54.1 Å². The van der Waals surface area contributed by atoms with Gasteiger partial charge in [-0.1, -0.05) is 23.5 Å². The van der Waals surface area contributed by atoms with E-state index in [2.05, 4.69) is 10.3 Å². The molecule has 2 N–H and O–H groups in total. The van der Waals surface area contributed by atoms with Crippen molar-refractivity contribution in [3.63, 3.8) is 0 Å². The summed E-state index contributed by atoms with van der Waals surface area (Å²) >= 11 is 1.19. The molecule has 0 bridgehead atoms. The second-order valence-electron chi connectivity index (χ2n) is 3.63. The molecule has 0 atom stereocenters. The van der Waals surface area contributed by atoms with E-state index in [1.165, 1.54) is 16.9 Å². The van der Waals surface area contributed by atoms with Gasteiger partial charge in [-0.25, -0.2) is 0 Å². The zero-order chi connectivity index (χ0) is 12.1. The molecule has 0 aliphatic heterocycles. The first-order chi connectivity index (χ1) is 8.28. The molecule has 0 saturated carbocycles. The Hall–Kier alpha value is -1.59. The van der Waals surface area contributed by atoms with Crippen LogP contribution in [0.3, 0.4) is 0 Å². The van der Waals surface area contributed by atoms with Gasteiger partial charge in [-0.15, -0.1) is 0 Å². The molecule has 1 aromatic heterocycles. The van der Waals surface area contributed by atoms with Crippen LogP contribution in [-0.2, 0) is 13.1 Å². The summed E-state index contributed by atoms with van der Waals surface area (Å²) in [5.74, 6) is 0.857. The van der Waals surface area contributed by atoms with Gasteiger partial charge in [0.05, 0.1) is 7.11 Å². The number of benzene rings is 1. The van der Waals surface area contributed by atoms with Crippen LogP contribution in [-0.4, -0.2) is 12.1 Å². The number of aromatic nitrogens is 1. The number of H-pyrrole nitrogens is 1. The third-order valence-electron chi connectivity index (χ3n) is 2.37. The second kappa shape index (κ2) is 5.65. The number of ether oxygens (including phenoxy) is 1. The second-order valence-corrected chi connectivity index (χ2v) is 4.47. The lowest BCUT2D eigenvalue weighted by molar-refractivity contribution is 0.414. The van der Waals surface area contributed by atoms with Gasteiger partial charge in [0.1, 0.15) is 5.75 Å². The summed E-state index contributed by atoms with van der Waals surface area (Å²) in [5, 5.41) is 5.10. The van der Waals surface area contributed by atoms with Crippen molar-refractivity contribution in [3.05, 3.63) is 50.6 Å². The Labute approximate surface area is 103 Å². The smallest absolute Gasteiger partial charge is 0.304 e. The summed E-state index contributed by atoms with van der Waals surface area (Å²) in [4.78, 5) is 13.7. The van der Waals surface area contributed by atoms with Crippen LogP contribution in [0, 0.1) is 0 Å². The van der Waals surface area contributed by atoms with Gasteiger partial charge in [-0.2, -0.15) is 0 Å². The predicted molar refractivity (Wildman–Crippen MR) is 68.5 cm³/mol. The highest BCUT2D eigenvalue weighted by atomic mass is 32.1. The van der Waals surface area contributed by atoms with Crippen LogP contribution in [0.2, 0.25) is 0 Å². The Kier molecular flexibility index (Phi) is 3.95. The molecule has 90 valence electrons. The van der Waals surface area contributed by atoms with Crippen LogP contribution in [0.25, 0.3) is 0 Å². The van der Waals surface area contributed by atoms with E-state index in [9.17, 15) is 4.79 Å². The maximum Gasteiger partial charge on any atom is 0.304 e. The third kappa shape index (κ3) is 3.44. The van der Waals surface area contributed by atoms with Crippen LogP contribution < -0.4 is 14.9 Å². The molecule has 0 aliphatic rings. The van der Waals surface area contributed by atoms with Gasteiger partial charge in [0.2, 0.25) is 0 Å². The molecule has 5 heteroatoms. The largest absolute Gasteiger partial charge is 0.497 e. The highest BCUT2D eigenvalue weighted by Crippen LogP contribution is 2.11. The van der Waals surface area contributed by atoms with Crippen molar-refractivity contribution in [2.24, 2.45) is 0 Å². The van der Waals surface area contributed by atoms with E-state index in [0.717, 1.165) is 18.0 Å². The van der Waals surface area contributed by atoms with Gasteiger partial charge in [0.15, 0.2) is 0 Å². The summed E-state index contributed by atoms with van der Waals surface area (Å²) in [7, 11) is 1.65. The minimum absolute atomic E-state index is 0.00810. The lowest BCUT2D eigenvalue weighted by Gasteiger charge is -2.04. The number of hydrogen-bond acceptors (Lipinski definition) is 4. The SMILES string of the molecule is COc1ccc(CNCc2csc(=O)[nH]2)cc1. The van der Waals surface area contributed by atoms with Gasteiger partial charge < -0.3 is 15.0 Å². The van der Waals surface area contributed by atoms with Crippen LogP contribution in [0.4, 0.5) is 0 Å². The molecule has 2 rings (SSSR count).